The fourth-order valence-electron chi connectivity index (χ4n) is 1.99. The lowest BCUT2D eigenvalue weighted by Crippen LogP contribution is -2.37. The molecule has 1 amide bonds. The highest BCUT2D eigenvalue weighted by atomic mass is 32.2. The summed E-state index contributed by atoms with van der Waals surface area (Å²) in [4.78, 5) is 22.7. The van der Waals surface area contributed by atoms with Crippen molar-refractivity contribution in [1.82, 2.24) is 9.62 Å². The first-order valence-corrected chi connectivity index (χ1v) is 7.73. The van der Waals surface area contributed by atoms with Crippen LogP contribution >= 0.6 is 0 Å². The number of ketones is 1. The summed E-state index contributed by atoms with van der Waals surface area (Å²) in [5.74, 6) is -0.422. The van der Waals surface area contributed by atoms with Gasteiger partial charge in [-0.15, -0.1) is 0 Å². The number of hydrogen-bond acceptors (Lipinski definition) is 4. The molecule has 0 saturated carbocycles. The first-order chi connectivity index (χ1) is 9.41. The van der Waals surface area contributed by atoms with E-state index in [0.717, 1.165) is 4.31 Å². The third-order valence-electron chi connectivity index (χ3n) is 3.13. The molecule has 0 bridgehead atoms. The molecule has 1 aliphatic heterocycles. The van der Waals surface area contributed by atoms with Crippen molar-refractivity contribution in [3.63, 3.8) is 0 Å². The Morgan fingerprint density at radius 3 is 2.50 bits per heavy atom. The van der Waals surface area contributed by atoms with Gasteiger partial charge in [-0.2, -0.15) is 4.31 Å². The Bertz CT molecular complexity index is 622. The second-order valence-electron chi connectivity index (χ2n) is 4.62. The van der Waals surface area contributed by atoms with Crippen LogP contribution in [-0.4, -0.2) is 44.0 Å². The van der Waals surface area contributed by atoms with Gasteiger partial charge < -0.3 is 5.32 Å². The molecule has 1 N–H and O–H groups in total. The number of nitrogens with zero attached hydrogens (tertiary/aromatic N) is 1. The van der Waals surface area contributed by atoms with Crippen molar-refractivity contribution in [2.75, 3.05) is 19.6 Å². The molecule has 1 aliphatic rings. The zero-order valence-corrected chi connectivity index (χ0v) is 11.9. The highest BCUT2D eigenvalue weighted by molar-refractivity contribution is 7.89. The van der Waals surface area contributed by atoms with E-state index in [1.54, 1.807) is 0 Å². The molecule has 1 aromatic rings. The van der Waals surface area contributed by atoms with Gasteiger partial charge in [0.1, 0.15) is 0 Å². The molecule has 0 aromatic heterocycles. The van der Waals surface area contributed by atoms with E-state index in [2.05, 4.69) is 5.32 Å². The van der Waals surface area contributed by atoms with Crippen LogP contribution in [0.15, 0.2) is 29.2 Å². The highest BCUT2D eigenvalue weighted by Crippen LogP contribution is 2.17. The van der Waals surface area contributed by atoms with Crippen molar-refractivity contribution in [3.8, 4) is 0 Å². The number of rotatable bonds is 3. The summed E-state index contributed by atoms with van der Waals surface area (Å²) < 4.78 is 26.0. The molecule has 1 heterocycles. The minimum atomic E-state index is -3.70. The average Bonchev–Trinajstić information content (AvgIpc) is 2.64. The lowest BCUT2D eigenvalue weighted by atomic mass is 10.2. The molecule has 2 rings (SSSR count). The lowest BCUT2D eigenvalue weighted by molar-refractivity contribution is -0.120. The van der Waals surface area contributed by atoms with Crippen molar-refractivity contribution in [2.24, 2.45) is 0 Å². The van der Waals surface area contributed by atoms with Gasteiger partial charge in [0.05, 0.1) is 11.4 Å². The smallest absolute Gasteiger partial charge is 0.243 e. The number of hydrogen-bond donors (Lipinski definition) is 1. The topological polar surface area (TPSA) is 83.6 Å². The molecule has 0 atom stereocenters. The van der Waals surface area contributed by atoms with Gasteiger partial charge in [0.2, 0.25) is 15.9 Å². The summed E-state index contributed by atoms with van der Waals surface area (Å²) in [6, 6.07) is 5.75. The molecular weight excluding hydrogens is 280 g/mol. The maximum atomic E-state index is 12.4. The van der Waals surface area contributed by atoms with E-state index in [9.17, 15) is 18.0 Å². The van der Waals surface area contributed by atoms with Crippen LogP contribution in [0.5, 0.6) is 0 Å². The van der Waals surface area contributed by atoms with Crippen molar-refractivity contribution in [1.29, 1.82) is 0 Å². The van der Waals surface area contributed by atoms with E-state index in [1.807, 2.05) is 0 Å². The van der Waals surface area contributed by atoms with Crippen LogP contribution in [0.25, 0.3) is 0 Å². The van der Waals surface area contributed by atoms with Gasteiger partial charge in [-0.05, 0) is 25.5 Å². The molecule has 0 aliphatic carbocycles. The van der Waals surface area contributed by atoms with Crippen molar-refractivity contribution in [3.05, 3.63) is 29.8 Å². The molecular formula is C13H16N2O4S. The highest BCUT2D eigenvalue weighted by Gasteiger charge is 2.27. The number of amides is 1. The maximum Gasteiger partial charge on any atom is 0.243 e. The lowest BCUT2D eigenvalue weighted by Gasteiger charge is -2.18. The van der Waals surface area contributed by atoms with Gasteiger partial charge in [0.25, 0.3) is 0 Å². The van der Waals surface area contributed by atoms with E-state index in [-0.39, 0.29) is 23.1 Å². The first-order valence-electron chi connectivity index (χ1n) is 6.29. The van der Waals surface area contributed by atoms with E-state index in [1.165, 1.54) is 31.2 Å². The van der Waals surface area contributed by atoms with Gasteiger partial charge in [-0.1, -0.05) is 12.1 Å². The minimum Gasteiger partial charge on any atom is -0.355 e. The molecule has 0 unspecified atom stereocenters. The molecule has 1 saturated heterocycles. The standard InChI is InChI=1S/C13H16N2O4S/c1-10(16)11-3-5-12(6-4-11)20(18,19)15-8-2-7-14-13(17)9-15/h3-6H,2,7-9H2,1H3,(H,14,17). The number of benzene rings is 1. The Hall–Kier alpha value is -1.73. The zero-order valence-electron chi connectivity index (χ0n) is 11.1. The first kappa shape index (κ1) is 14.7. The maximum absolute atomic E-state index is 12.4. The van der Waals surface area contributed by atoms with Crippen LogP contribution < -0.4 is 5.32 Å². The molecule has 20 heavy (non-hydrogen) atoms. The third-order valence-corrected chi connectivity index (χ3v) is 4.98. The molecule has 108 valence electrons. The van der Waals surface area contributed by atoms with Gasteiger partial charge in [-0.3, -0.25) is 9.59 Å². The summed E-state index contributed by atoms with van der Waals surface area (Å²) >= 11 is 0. The Morgan fingerprint density at radius 2 is 1.90 bits per heavy atom. The fourth-order valence-corrected chi connectivity index (χ4v) is 3.43. The van der Waals surface area contributed by atoms with Crippen LogP contribution in [-0.2, 0) is 14.8 Å². The summed E-state index contributed by atoms with van der Waals surface area (Å²) in [5, 5.41) is 2.63. The Kier molecular flexibility index (Phi) is 4.20. The van der Waals surface area contributed by atoms with E-state index in [4.69, 9.17) is 0 Å². The zero-order chi connectivity index (χ0) is 14.8. The van der Waals surface area contributed by atoms with Gasteiger partial charge in [0.15, 0.2) is 5.78 Å². The van der Waals surface area contributed by atoms with Crippen LogP contribution in [0.4, 0.5) is 0 Å². The van der Waals surface area contributed by atoms with E-state index in [0.29, 0.717) is 25.1 Å². The summed E-state index contributed by atoms with van der Waals surface area (Å²) in [6.45, 7) is 2.03. The fraction of sp³-hybridized carbons (Fsp3) is 0.385. The number of carbonyl (C=O) groups is 2. The van der Waals surface area contributed by atoms with Gasteiger partial charge in [0, 0.05) is 18.7 Å². The largest absolute Gasteiger partial charge is 0.355 e. The Labute approximate surface area is 117 Å². The molecule has 1 aromatic carbocycles. The van der Waals surface area contributed by atoms with Crippen LogP contribution in [0, 0.1) is 0 Å². The van der Waals surface area contributed by atoms with E-state index < -0.39 is 10.0 Å². The molecule has 1 fully saturated rings. The quantitative estimate of drug-likeness (QED) is 0.818. The predicted octanol–water partition coefficient (Wildman–Crippen LogP) is 0.400. The van der Waals surface area contributed by atoms with Crippen LogP contribution in [0.3, 0.4) is 0 Å². The summed E-state index contributed by atoms with van der Waals surface area (Å²) in [6.07, 6.45) is 0.580. The number of carbonyl (C=O) groups excluding carboxylic acids is 2. The van der Waals surface area contributed by atoms with E-state index >= 15 is 0 Å². The molecule has 6 nitrogen and oxygen atoms in total. The third kappa shape index (κ3) is 3.05. The monoisotopic (exact) mass is 296 g/mol. The van der Waals surface area contributed by atoms with Crippen molar-refractivity contribution >= 4 is 21.7 Å². The van der Waals surface area contributed by atoms with Gasteiger partial charge >= 0.3 is 0 Å². The molecule has 0 spiro atoms. The molecule has 7 heteroatoms. The van der Waals surface area contributed by atoms with Crippen LogP contribution in [0.1, 0.15) is 23.7 Å². The molecule has 0 radical (unpaired) electrons. The predicted molar refractivity (Wildman–Crippen MR) is 72.8 cm³/mol. The Morgan fingerprint density at radius 1 is 1.25 bits per heavy atom. The summed E-state index contributed by atoms with van der Waals surface area (Å²) in [7, 11) is -3.70. The number of Topliss-reactive ketones (excluding diaryl/α,β-unsaturated/α-hetero) is 1. The summed E-state index contributed by atoms with van der Waals surface area (Å²) in [5.41, 5.74) is 0.456. The second-order valence-corrected chi connectivity index (χ2v) is 6.56. The second kappa shape index (κ2) is 5.72. The van der Waals surface area contributed by atoms with Gasteiger partial charge in [-0.25, -0.2) is 8.42 Å². The SMILES string of the molecule is CC(=O)c1ccc(S(=O)(=O)N2CCCNC(=O)C2)cc1. The number of sulfonamides is 1. The Balaban J connectivity index is 2.29. The normalized spacial score (nSPS) is 17.4. The van der Waals surface area contributed by atoms with Crippen LogP contribution in [0.2, 0.25) is 0 Å². The van der Waals surface area contributed by atoms with Crippen molar-refractivity contribution in [2.45, 2.75) is 18.2 Å². The average molecular weight is 296 g/mol. The van der Waals surface area contributed by atoms with Crippen molar-refractivity contribution < 1.29 is 18.0 Å². The number of nitrogens with one attached hydrogen (secondary N) is 1. The minimum absolute atomic E-state index is 0.0946.